The molecule has 0 aliphatic carbocycles. The van der Waals surface area contributed by atoms with Crippen molar-refractivity contribution in [1.29, 1.82) is 0 Å². The fraction of sp³-hybridized carbons (Fsp3) is 0.500. The number of benzene rings is 1. The molecular formula is C20H28O. The van der Waals surface area contributed by atoms with E-state index in [2.05, 4.69) is 50.0 Å². The predicted molar refractivity (Wildman–Crippen MR) is 91.1 cm³/mol. The molecule has 0 saturated heterocycles. The lowest BCUT2D eigenvalue weighted by molar-refractivity contribution is 0.193. The molecule has 0 aliphatic rings. The van der Waals surface area contributed by atoms with Gasteiger partial charge in [0.25, 0.3) is 0 Å². The maximum atomic E-state index is 10.3. The molecule has 21 heavy (non-hydrogen) atoms. The Morgan fingerprint density at radius 1 is 1.19 bits per heavy atom. The van der Waals surface area contributed by atoms with Crippen LogP contribution in [0.4, 0.5) is 0 Å². The Morgan fingerprint density at radius 2 is 1.95 bits per heavy atom. The van der Waals surface area contributed by atoms with Gasteiger partial charge in [-0.1, -0.05) is 68.9 Å². The van der Waals surface area contributed by atoms with E-state index < -0.39 is 0 Å². The van der Waals surface area contributed by atoms with E-state index in [-0.39, 0.29) is 6.10 Å². The average molecular weight is 284 g/mol. The zero-order valence-corrected chi connectivity index (χ0v) is 13.4. The van der Waals surface area contributed by atoms with Gasteiger partial charge in [0.05, 0.1) is 6.10 Å². The summed E-state index contributed by atoms with van der Waals surface area (Å²) in [5, 5.41) is 10.3. The average Bonchev–Trinajstić information content (AvgIpc) is 2.53. The summed E-state index contributed by atoms with van der Waals surface area (Å²) in [6.07, 6.45) is 8.47. The van der Waals surface area contributed by atoms with Crippen molar-refractivity contribution in [2.45, 2.75) is 64.9 Å². The van der Waals surface area contributed by atoms with Crippen molar-refractivity contribution in [2.75, 3.05) is 0 Å². The van der Waals surface area contributed by atoms with Gasteiger partial charge in [-0.25, -0.2) is 0 Å². The molecule has 1 rings (SSSR count). The first kappa shape index (κ1) is 17.5. The van der Waals surface area contributed by atoms with E-state index >= 15 is 0 Å². The molecule has 1 atom stereocenters. The third kappa shape index (κ3) is 7.73. The van der Waals surface area contributed by atoms with Crippen molar-refractivity contribution in [3.8, 4) is 11.8 Å². The molecule has 0 bridgehead atoms. The first-order valence-electron chi connectivity index (χ1n) is 8.17. The van der Waals surface area contributed by atoms with Gasteiger partial charge < -0.3 is 5.11 Å². The van der Waals surface area contributed by atoms with E-state index in [4.69, 9.17) is 0 Å². The van der Waals surface area contributed by atoms with Crippen molar-refractivity contribution < 1.29 is 5.11 Å². The van der Waals surface area contributed by atoms with Gasteiger partial charge in [0.1, 0.15) is 0 Å². The number of unbranched alkanes of at least 4 members (excludes halogenated alkanes) is 2. The summed E-state index contributed by atoms with van der Waals surface area (Å²) in [6, 6.07) is 10.4. The SMILES string of the molecule is CCCC#C/C=C(\CCc1ccccc1)C(O)CCCC. The van der Waals surface area contributed by atoms with Gasteiger partial charge in [-0.05, 0) is 42.9 Å². The second-order valence-corrected chi connectivity index (χ2v) is 5.43. The summed E-state index contributed by atoms with van der Waals surface area (Å²) in [6.45, 7) is 4.28. The fourth-order valence-electron chi connectivity index (χ4n) is 2.19. The summed E-state index contributed by atoms with van der Waals surface area (Å²) >= 11 is 0. The van der Waals surface area contributed by atoms with Gasteiger partial charge in [-0.3, -0.25) is 0 Å². The predicted octanol–water partition coefficient (Wildman–Crippen LogP) is 4.90. The number of hydrogen-bond donors (Lipinski definition) is 1. The lowest BCUT2D eigenvalue weighted by Crippen LogP contribution is -2.11. The maximum absolute atomic E-state index is 10.3. The Kier molecular flexibility index (Phi) is 9.33. The van der Waals surface area contributed by atoms with Crippen LogP contribution < -0.4 is 0 Å². The van der Waals surface area contributed by atoms with Crippen LogP contribution in [-0.2, 0) is 6.42 Å². The highest BCUT2D eigenvalue weighted by Gasteiger charge is 2.10. The van der Waals surface area contributed by atoms with E-state index in [1.807, 2.05) is 12.1 Å². The Hall–Kier alpha value is -1.52. The van der Waals surface area contributed by atoms with Gasteiger partial charge in [0.2, 0.25) is 0 Å². The highest BCUT2D eigenvalue weighted by Crippen LogP contribution is 2.16. The summed E-state index contributed by atoms with van der Waals surface area (Å²) in [7, 11) is 0. The minimum atomic E-state index is -0.343. The minimum absolute atomic E-state index is 0.343. The number of allylic oxidation sites excluding steroid dienone is 1. The van der Waals surface area contributed by atoms with Crippen molar-refractivity contribution in [3.63, 3.8) is 0 Å². The van der Waals surface area contributed by atoms with Gasteiger partial charge in [-0.15, -0.1) is 0 Å². The molecule has 1 nitrogen and oxygen atoms in total. The molecule has 1 aromatic carbocycles. The van der Waals surface area contributed by atoms with E-state index in [9.17, 15) is 5.11 Å². The van der Waals surface area contributed by atoms with Crippen LogP contribution in [0.2, 0.25) is 0 Å². The summed E-state index contributed by atoms with van der Waals surface area (Å²) in [5.41, 5.74) is 2.39. The lowest BCUT2D eigenvalue weighted by atomic mass is 9.97. The summed E-state index contributed by atoms with van der Waals surface area (Å²) in [4.78, 5) is 0. The zero-order valence-electron chi connectivity index (χ0n) is 13.4. The minimum Gasteiger partial charge on any atom is -0.389 e. The second-order valence-electron chi connectivity index (χ2n) is 5.43. The molecule has 0 spiro atoms. The van der Waals surface area contributed by atoms with Crippen LogP contribution in [0.3, 0.4) is 0 Å². The summed E-state index contributed by atoms with van der Waals surface area (Å²) in [5.74, 6) is 6.25. The van der Waals surface area contributed by atoms with Crippen LogP contribution in [0.1, 0.15) is 57.9 Å². The van der Waals surface area contributed by atoms with Gasteiger partial charge in [-0.2, -0.15) is 0 Å². The smallest absolute Gasteiger partial charge is 0.0759 e. The van der Waals surface area contributed by atoms with Crippen molar-refractivity contribution in [3.05, 3.63) is 47.5 Å². The molecule has 1 unspecified atom stereocenters. The van der Waals surface area contributed by atoms with Crippen molar-refractivity contribution in [2.24, 2.45) is 0 Å². The molecule has 1 aromatic rings. The van der Waals surface area contributed by atoms with E-state index in [1.165, 1.54) is 5.56 Å². The van der Waals surface area contributed by atoms with Crippen molar-refractivity contribution >= 4 is 0 Å². The van der Waals surface area contributed by atoms with Crippen LogP contribution in [-0.4, -0.2) is 11.2 Å². The normalized spacial score (nSPS) is 12.6. The number of aryl methyl sites for hydroxylation is 1. The van der Waals surface area contributed by atoms with Gasteiger partial charge in [0.15, 0.2) is 0 Å². The topological polar surface area (TPSA) is 20.2 Å². The Bertz CT molecular complexity index is 462. The number of aliphatic hydroxyl groups is 1. The van der Waals surface area contributed by atoms with Gasteiger partial charge in [0, 0.05) is 6.42 Å². The Morgan fingerprint density at radius 3 is 2.62 bits per heavy atom. The zero-order chi connectivity index (χ0) is 15.3. The molecule has 0 aromatic heterocycles. The van der Waals surface area contributed by atoms with Crippen molar-refractivity contribution in [1.82, 2.24) is 0 Å². The molecule has 0 fully saturated rings. The van der Waals surface area contributed by atoms with E-state index in [0.717, 1.165) is 50.5 Å². The molecule has 0 aliphatic heterocycles. The fourth-order valence-corrected chi connectivity index (χ4v) is 2.19. The Labute approximate surface area is 130 Å². The molecule has 1 N–H and O–H groups in total. The van der Waals surface area contributed by atoms with Crippen LogP contribution in [0.5, 0.6) is 0 Å². The molecule has 0 amide bonds. The quantitative estimate of drug-likeness (QED) is 0.673. The summed E-state index contributed by atoms with van der Waals surface area (Å²) < 4.78 is 0. The highest BCUT2D eigenvalue weighted by molar-refractivity contribution is 5.25. The molecule has 0 saturated carbocycles. The highest BCUT2D eigenvalue weighted by atomic mass is 16.3. The standard InChI is InChI=1S/C20H28O/c1-3-5-7-11-14-19(20(21)15-6-4-2)17-16-18-12-9-8-10-13-18/h8-10,12-14,20-21H,3-6,15-17H2,1-2H3/b19-14+. The van der Waals surface area contributed by atoms with Crippen LogP contribution >= 0.6 is 0 Å². The van der Waals surface area contributed by atoms with Gasteiger partial charge >= 0.3 is 0 Å². The molecular weight excluding hydrogens is 256 g/mol. The second kappa shape index (κ2) is 11.2. The first-order valence-corrected chi connectivity index (χ1v) is 8.17. The van der Waals surface area contributed by atoms with Crippen LogP contribution in [0.15, 0.2) is 42.0 Å². The maximum Gasteiger partial charge on any atom is 0.0759 e. The third-order valence-electron chi connectivity index (χ3n) is 3.54. The Balaban J connectivity index is 2.65. The van der Waals surface area contributed by atoms with Crippen LogP contribution in [0.25, 0.3) is 0 Å². The third-order valence-corrected chi connectivity index (χ3v) is 3.54. The first-order chi connectivity index (χ1) is 10.3. The number of rotatable bonds is 8. The van der Waals surface area contributed by atoms with E-state index in [1.54, 1.807) is 0 Å². The molecule has 1 heteroatoms. The monoisotopic (exact) mass is 284 g/mol. The molecule has 0 heterocycles. The van der Waals surface area contributed by atoms with E-state index in [0.29, 0.717) is 0 Å². The number of aliphatic hydroxyl groups excluding tert-OH is 1. The largest absolute Gasteiger partial charge is 0.389 e. The molecule has 0 radical (unpaired) electrons. The van der Waals surface area contributed by atoms with Crippen LogP contribution in [0, 0.1) is 11.8 Å². The molecule has 114 valence electrons. The lowest BCUT2D eigenvalue weighted by Gasteiger charge is -2.14. The number of hydrogen-bond acceptors (Lipinski definition) is 1.